The van der Waals surface area contributed by atoms with E-state index < -0.39 is 24.1 Å². The Morgan fingerprint density at radius 3 is 2.38 bits per heavy atom. The normalized spacial score (nSPS) is 9.31. The van der Waals surface area contributed by atoms with Crippen molar-refractivity contribution in [2.75, 3.05) is 12.4 Å². The summed E-state index contributed by atoms with van der Waals surface area (Å²) < 4.78 is 4.28. The summed E-state index contributed by atoms with van der Waals surface area (Å²) in [5.74, 6) is -2.37. The van der Waals surface area contributed by atoms with Gasteiger partial charge in [-0.3, -0.25) is 14.4 Å². The molecule has 84 valence electrons. The van der Waals surface area contributed by atoms with Gasteiger partial charge in [0.05, 0.1) is 7.11 Å². The summed E-state index contributed by atoms with van der Waals surface area (Å²) in [5, 5.41) is 2.37. The summed E-state index contributed by atoms with van der Waals surface area (Å²) in [7, 11) is 1.16. The zero-order valence-corrected chi connectivity index (χ0v) is 8.73. The summed E-state index contributed by atoms with van der Waals surface area (Å²) in [5.41, 5.74) is 0.505. The fraction of sp³-hybridized carbons (Fsp3) is 0.182. The Kier molecular flexibility index (Phi) is 4.20. The molecule has 0 spiro atoms. The molecule has 1 N–H and O–H groups in total. The molecule has 1 aromatic carbocycles. The third-order valence-electron chi connectivity index (χ3n) is 1.82. The van der Waals surface area contributed by atoms with Crippen LogP contribution in [-0.2, 0) is 19.1 Å². The van der Waals surface area contributed by atoms with Crippen molar-refractivity contribution >= 4 is 23.3 Å². The molecule has 0 aliphatic rings. The largest absolute Gasteiger partial charge is 0.469 e. The first-order chi connectivity index (χ1) is 7.63. The number of anilines is 1. The maximum absolute atomic E-state index is 11.3. The van der Waals surface area contributed by atoms with Crippen LogP contribution in [0.3, 0.4) is 0 Å². The summed E-state index contributed by atoms with van der Waals surface area (Å²) in [6, 6.07) is 8.51. The van der Waals surface area contributed by atoms with Crippen LogP contribution in [0.5, 0.6) is 0 Å². The fourth-order valence-electron chi connectivity index (χ4n) is 1.01. The number of esters is 1. The minimum atomic E-state index is -0.823. The van der Waals surface area contributed by atoms with E-state index in [2.05, 4.69) is 10.1 Å². The average molecular weight is 221 g/mol. The molecule has 1 amide bonds. The highest BCUT2D eigenvalue weighted by molar-refractivity contribution is 6.42. The van der Waals surface area contributed by atoms with Gasteiger partial charge < -0.3 is 10.1 Å². The van der Waals surface area contributed by atoms with E-state index in [0.717, 1.165) is 7.11 Å². The van der Waals surface area contributed by atoms with E-state index in [9.17, 15) is 14.4 Å². The van der Waals surface area contributed by atoms with Gasteiger partial charge in [-0.15, -0.1) is 0 Å². The molecule has 1 rings (SSSR count). The van der Waals surface area contributed by atoms with Crippen molar-refractivity contribution in [2.45, 2.75) is 6.42 Å². The Morgan fingerprint density at radius 1 is 1.19 bits per heavy atom. The third kappa shape index (κ3) is 3.53. The van der Waals surface area contributed by atoms with Crippen LogP contribution in [-0.4, -0.2) is 24.8 Å². The van der Waals surface area contributed by atoms with E-state index in [1.54, 1.807) is 30.3 Å². The molecular weight excluding hydrogens is 210 g/mol. The maximum Gasteiger partial charge on any atom is 0.313 e. The maximum atomic E-state index is 11.3. The first-order valence-electron chi connectivity index (χ1n) is 4.59. The number of carbonyl (C=O) groups is 3. The number of nitrogens with one attached hydrogen (secondary N) is 1. The monoisotopic (exact) mass is 221 g/mol. The van der Waals surface area contributed by atoms with Gasteiger partial charge in [0.1, 0.15) is 6.42 Å². The molecule has 5 heteroatoms. The second-order valence-electron chi connectivity index (χ2n) is 3.00. The van der Waals surface area contributed by atoms with Gasteiger partial charge in [0.15, 0.2) is 0 Å². The van der Waals surface area contributed by atoms with Gasteiger partial charge in [0, 0.05) is 5.69 Å². The van der Waals surface area contributed by atoms with Gasteiger partial charge in [-0.1, -0.05) is 18.2 Å². The molecule has 0 heterocycles. The van der Waals surface area contributed by atoms with Crippen molar-refractivity contribution in [1.82, 2.24) is 0 Å². The minimum absolute atomic E-state index is 0.505. The number of hydrogen-bond acceptors (Lipinski definition) is 4. The van der Waals surface area contributed by atoms with Gasteiger partial charge in [-0.2, -0.15) is 0 Å². The number of ketones is 1. The number of hydrogen-bond donors (Lipinski definition) is 1. The zero-order valence-electron chi connectivity index (χ0n) is 8.73. The summed E-state index contributed by atoms with van der Waals surface area (Å²) >= 11 is 0. The Labute approximate surface area is 92.4 Å². The summed E-state index contributed by atoms with van der Waals surface area (Å²) in [4.78, 5) is 33.3. The van der Waals surface area contributed by atoms with Crippen LogP contribution in [0.4, 0.5) is 5.69 Å². The van der Waals surface area contributed by atoms with Crippen LogP contribution >= 0.6 is 0 Å². The summed E-state index contributed by atoms with van der Waals surface area (Å²) in [6.07, 6.45) is -0.546. The number of methoxy groups -OCH3 is 1. The fourth-order valence-corrected chi connectivity index (χ4v) is 1.01. The van der Waals surface area contributed by atoms with Gasteiger partial charge in [-0.25, -0.2) is 0 Å². The molecule has 0 radical (unpaired) electrons. The SMILES string of the molecule is COC(=O)CC(=O)C(=O)Nc1ccccc1. The topological polar surface area (TPSA) is 72.5 Å². The number of carbonyl (C=O) groups excluding carboxylic acids is 3. The van der Waals surface area contributed by atoms with E-state index in [-0.39, 0.29) is 0 Å². The Balaban J connectivity index is 2.53. The Hall–Kier alpha value is -2.17. The first-order valence-corrected chi connectivity index (χ1v) is 4.59. The molecule has 0 aliphatic heterocycles. The van der Waals surface area contributed by atoms with Gasteiger partial charge in [-0.05, 0) is 12.1 Å². The lowest BCUT2D eigenvalue weighted by atomic mass is 10.2. The predicted molar refractivity (Wildman–Crippen MR) is 56.7 cm³/mol. The lowest BCUT2D eigenvalue weighted by Crippen LogP contribution is -2.25. The second kappa shape index (κ2) is 5.65. The van der Waals surface area contributed by atoms with Crippen LogP contribution in [0, 0.1) is 0 Å². The molecule has 0 fully saturated rings. The van der Waals surface area contributed by atoms with Crippen molar-refractivity contribution in [3.05, 3.63) is 30.3 Å². The van der Waals surface area contributed by atoms with Crippen LogP contribution in [0.2, 0.25) is 0 Å². The van der Waals surface area contributed by atoms with Crippen molar-refractivity contribution in [3.63, 3.8) is 0 Å². The number of benzene rings is 1. The van der Waals surface area contributed by atoms with E-state index >= 15 is 0 Å². The highest BCUT2D eigenvalue weighted by atomic mass is 16.5. The molecule has 0 bridgehead atoms. The lowest BCUT2D eigenvalue weighted by Gasteiger charge is -2.03. The minimum Gasteiger partial charge on any atom is -0.469 e. The van der Waals surface area contributed by atoms with Crippen molar-refractivity contribution in [3.8, 4) is 0 Å². The van der Waals surface area contributed by atoms with E-state index in [4.69, 9.17) is 0 Å². The second-order valence-corrected chi connectivity index (χ2v) is 3.00. The third-order valence-corrected chi connectivity index (χ3v) is 1.82. The Bertz CT molecular complexity index is 400. The van der Waals surface area contributed by atoms with Gasteiger partial charge >= 0.3 is 5.97 Å². The van der Waals surface area contributed by atoms with E-state index in [1.807, 2.05) is 0 Å². The van der Waals surface area contributed by atoms with Crippen molar-refractivity contribution < 1.29 is 19.1 Å². The molecule has 1 aromatic rings. The molecule has 16 heavy (non-hydrogen) atoms. The molecule has 0 unspecified atom stereocenters. The molecule has 0 atom stereocenters. The van der Waals surface area contributed by atoms with Crippen LogP contribution in [0.15, 0.2) is 30.3 Å². The van der Waals surface area contributed by atoms with Crippen molar-refractivity contribution in [2.24, 2.45) is 0 Å². The summed E-state index contributed by atoms with van der Waals surface area (Å²) in [6.45, 7) is 0. The number of amides is 1. The van der Waals surface area contributed by atoms with Crippen LogP contribution in [0.1, 0.15) is 6.42 Å². The molecule has 5 nitrogen and oxygen atoms in total. The number of rotatable bonds is 4. The average Bonchev–Trinajstić information content (AvgIpc) is 2.30. The smallest absolute Gasteiger partial charge is 0.313 e. The van der Waals surface area contributed by atoms with Crippen LogP contribution in [0.25, 0.3) is 0 Å². The molecular formula is C11H11NO4. The number of ether oxygens (including phenoxy) is 1. The zero-order chi connectivity index (χ0) is 12.0. The first kappa shape index (κ1) is 11.9. The van der Waals surface area contributed by atoms with Crippen LogP contribution < -0.4 is 5.32 Å². The van der Waals surface area contributed by atoms with E-state index in [0.29, 0.717) is 5.69 Å². The lowest BCUT2D eigenvalue weighted by molar-refractivity contribution is -0.146. The standard InChI is InChI=1S/C11H11NO4/c1-16-10(14)7-9(13)11(15)12-8-5-3-2-4-6-8/h2-6H,7H2,1H3,(H,12,15). The van der Waals surface area contributed by atoms with E-state index in [1.165, 1.54) is 0 Å². The van der Waals surface area contributed by atoms with Crippen molar-refractivity contribution in [1.29, 1.82) is 0 Å². The molecule has 0 aliphatic carbocycles. The van der Waals surface area contributed by atoms with Gasteiger partial charge in [0.25, 0.3) is 5.91 Å². The Morgan fingerprint density at radius 2 is 1.81 bits per heavy atom. The highest BCUT2D eigenvalue weighted by Gasteiger charge is 2.17. The quantitative estimate of drug-likeness (QED) is 0.462. The molecule has 0 saturated carbocycles. The predicted octanol–water partition coefficient (Wildman–Crippen LogP) is 0.757. The number of Topliss-reactive ketones (excluding diaryl/α,β-unsaturated/α-hetero) is 1. The van der Waals surface area contributed by atoms with Gasteiger partial charge in [0.2, 0.25) is 5.78 Å². The highest BCUT2D eigenvalue weighted by Crippen LogP contribution is 2.05. The molecule has 0 saturated heterocycles. The number of para-hydroxylation sites is 1. The molecule has 0 aromatic heterocycles.